The Balaban J connectivity index is 1.39. The van der Waals surface area contributed by atoms with Crippen molar-refractivity contribution in [3.63, 3.8) is 0 Å². The second-order valence-corrected chi connectivity index (χ2v) is 6.29. The van der Waals surface area contributed by atoms with Crippen LogP contribution in [0.5, 0.6) is 0 Å². The zero-order valence-electron chi connectivity index (χ0n) is 14.7. The maximum atomic E-state index is 12.4. The number of pyridine rings is 1. The van der Waals surface area contributed by atoms with Gasteiger partial charge in [0.1, 0.15) is 0 Å². The van der Waals surface area contributed by atoms with Crippen LogP contribution in [0.1, 0.15) is 11.1 Å². The van der Waals surface area contributed by atoms with E-state index in [-0.39, 0.29) is 12.5 Å². The van der Waals surface area contributed by atoms with Gasteiger partial charge in [-0.1, -0.05) is 42.5 Å². The quantitative estimate of drug-likeness (QED) is 0.530. The lowest BCUT2D eigenvalue weighted by Crippen LogP contribution is -2.33. The van der Waals surface area contributed by atoms with Crippen LogP contribution in [-0.2, 0) is 20.7 Å². The van der Waals surface area contributed by atoms with Gasteiger partial charge in [0.15, 0.2) is 6.61 Å². The number of aromatic nitrogens is 1. The number of amides is 1. The first-order chi connectivity index (χ1) is 13.2. The molecule has 2 heterocycles. The van der Waals surface area contributed by atoms with Crippen molar-refractivity contribution in [1.82, 2.24) is 4.98 Å². The number of hydrogen-bond acceptors (Lipinski definition) is 4. The van der Waals surface area contributed by atoms with Gasteiger partial charge in [-0.3, -0.25) is 9.78 Å². The Morgan fingerprint density at radius 2 is 1.93 bits per heavy atom. The summed E-state index contributed by atoms with van der Waals surface area (Å²) >= 11 is 0. The Morgan fingerprint density at radius 3 is 2.85 bits per heavy atom. The van der Waals surface area contributed by atoms with E-state index in [4.69, 9.17) is 4.74 Å². The summed E-state index contributed by atoms with van der Waals surface area (Å²) in [6, 6.07) is 17.4. The van der Waals surface area contributed by atoms with Crippen LogP contribution in [0.2, 0.25) is 0 Å². The van der Waals surface area contributed by atoms with Crippen LogP contribution >= 0.6 is 0 Å². The average Bonchev–Trinajstić information content (AvgIpc) is 3.14. The molecule has 1 aliphatic heterocycles. The molecule has 1 aromatic heterocycles. The highest BCUT2D eigenvalue weighted by atomic mass is 16.5. The highest BCUT2D eigenvalue weighted by molar-refractivity contribution is 5.98. The van der Waals surface area contributed by atoms with Crippen molar-refractivity contribution in [3.8, 4) is 0 Å². The molecule has 0 bridgehead atoms. The number of hydrogen-bond donors (Lipinski definition) is 0. The standard InChI is InChI=1S/C22H18N2O3/c25-20(24-14-12-16-5-1-2-9-19(16)24)15-27-21(26)11-10-18-7-3-6-17-8-4-13-23-22(17)18/h1-11,13H,12,14-15H2/b11-10+. The van der Waals surface area contributed by atoms with Gasteiger partial charge < -0.3 is 9.64 Å². The van der Waals surface area contributed by atoms with Crippen LogP contribution in [0, 0.1) is 0 Å². The summed E-state index contributed by atoms with van der Waals surface area (Å²) in [5, 5.41) is 0.996. The van der Waals surface area contributed by atoms with Crippen LogP contribution in [0.4, 0.5) is 5.69 Å². The lowest BCUT2D eigenvalue weighted by molar-refractivity contribution is -0.142. The van der Waals surface area contributed by atoms with Crippen molar-refractivity contribution in [2.24, 2.45) is 0 Å². The lowest BCUT2D eigenvalue weighted by Gasteiger charge is -2.16. The zero-order valence-corrected chi connectivity index (χ0v) is 14.7. The predicted molar refractivity (Wildman–Crippen MR) is 104 cm³/mol. The Morgan fingerprint density at radius 1 is 1.07 bits per heavy atom. The fraction of sp³-hybridized carbons (Fsp3) is 0.136. The molecular formula is C22H18N2O3. The van der Waals surface area contributed by atoms with Crippen molar-refractivity contribution < 1.29 is 14.3 Å². The van der Waals surface area contributed by atoms with Gasteiger partial charge in [-0.25, -0.2) is 4.79 Å². The number of para-hydroxylation sites is 2. The average molecular weight is 358 g/mol. The van der Waals surface area contributed by atoms with Gasteiger partial charge >= 0.3 is 5.97 Å². The summed E-state index contributed by atoms with van der Waals surface area (Å²) in [4.78, 5) is 30.4. The molecule has 0 atom stereocenters. The molecule has 134 valence electrons. The van der Waals surface area contributed by atoms with E-state index in [0.717, 1.165) is 34.1 Å². The van der Waals surface area contributed by atoms with Crippen LogP contribution in [-0.4, -0.2) is 30.0 Å². The van der Waals surface area contributed by atoms with Crippen molar-refractivity contribution in [1.29, 1.82) is 0 Å². The van der Waals surface area contributed by atoms with Gasteiger partial charge in [-0.05, 0) is 30.2 Å². The van der Waals surface area contributed by atoms with Gasteiger partial charge in [0, 0.05) is 35.5 Å². The Kier molecular flexibility index (Phi) is 4.66. The third kappa shape index (κ3) is 3.58. The molecule has 3 aromatic rings. The number of nitrogens with zero attached hydrogens (tertiary/aromatic N) is 2. The number of carbonyl (C=O) groups is 2. The summed E-state index contributed by atoms with van der Waals surface area (Å²) in [6.45, 7) is 0.346. The first kappa shape index (κ1) is 17.0. The Bertz CT molecular complexity index is 1040. The third-order valence-corrected chi connectivity index (χ3v) is 4.59. The minimum Gasteiger partial charge on any atom is -0.452 e. The molecule has 0 aliphatic carbocycles. The lowest BCUT2D eigenvalue weighted by atomic mass is 10.1. The number of carbonyl (C=O) groups excluding carboxylic acids is 2. The molecule has 4 rings (SSSR count). The van der Waals surface area contributed by atoms with E-state index >= 15 is 0 Å². The van der Waals surface area contributed by atoms with Gasteiger partial charge in [0.25, 0.3) is 5.91 Å². The summed E-state index contributed by atoms with van der Waals surface area (Å²) in [7, 11) is 0. The topological polar surface area (TPSA) is 59.5 Å². The fourth-order valence-corrected chi connectivity index (χ4v) is 3.28. The fourth-order valence-electron chi connectivity index (χ4n) is 3.28. The van der Waals surface area contributed by atoms with Gasteiger partial charge in [-0.15, -0.1) is 0 Å². The first-order valence-electron chi connectivity index (χ1n) is 8.79. The molecule has 0 saturated heterocycles. The number of ether oxygens (including phenoxy) is 1. The van der Waals surface area contributed by atoms with Crippen LogP contribution < -0.4 is 4.90 Å². The van der Waals surface area contributed by atoms with E-state index in [0.29, 0.717) is 6.54 Å². The van der Waals surface area contributed by atoms with Crippen LogP contribution in [0.3, 0.4) is 0 Å². The largest absolute Gasteiger partial charge is 0.452 e. The molecule has 0 N–H and O–H groups in total. The minimum absolute atomic E-state index is 0.214. The summed E-state index contributed by atoms with van der Waals surface area (Å²) in [6.07, 6.45) is 5.52. The molecule has 0 spiro atoms. The van der Waals surface area contributed by atoms with E-state index in [1.54, 1.807) is 17.2 Å². The maximum Gasteiger partial charge on any atom is 0.331 e. The molecule has 5 heteroatoms. The number of anilines is 1. The summed E-state index contributed by atoms with van der Waals surface area (Å²) in [5.41, 5.74) is 3.68. The van der Waals surface area contributed by atoms with Crippen molar-refractivity contribution in [2.75, 3.05) is 18.1 Å². The molecule has 0 unspecified atom stereocenters. The molecular weight excluding hydrogens is 340 g/mol. The van der Waals surface area contributed by atoms with Crippen molar-refractivity contribution in [2.45, 2.75) is 6.42 Å². The van der Waals surface area contributed by atoms with E-state index < -0.39 is 5.97 Å². The van der Waals surface area contributed by atoms with Gasteiger partial charge in [-0.2, -0.15) is 0 Å². The molecule has 1 aliphatic rings. The number of fused-ring (bicyclic) bond motifs is 2. The van der Waals surface area contributed by atoms with Crippen molar-refractivity contribution in [3.05, 3.63) is 78.0 Å². The zero-order chi connectivity index (χ0) is 18.6. The van der Waals surface area contributed by atoms with Gasteiger partial charge in [0.05, 0.1) is 5.52 Å². The highest BCUT2D eigenvalue weighted by Crippen LogP contribution is 2.27. The normalized spacial score (nSPS) is 13.1. The Labute approximate surface area is 156 Å². The van der Waals surface area contributed by atoms with E-state index in [1.807, 2.05) is 54.6 Å². The van der Waals surface area contributed by atoms with Crippen molar-refractivity contribution >= 4 is 34.5 Å². The molecule has 0 radical (unpaired) electrons. The number of rotatable bonds is 4. The molecule has 0 fully saturated rings. The summed E-state index contributed by atoms with van der Waals surface area (Å²) < 4.78 is 5.13. The molecule has 0 saturated carbocycles. The summed E-state index contributed by atoms with van der Waals surface area (Å²) in [5.74, 6) is -0.766. The van der Waals surface area contributed by atoms with Crippen LogP contribution in [0.15, 0.2) is 66.9 Å². The highest BCUT2D eigenvalue weighted by Gasteiger charge is 2.24. The third-order valence-electron chi connectivity index (χ3n) is 4.59. The maximum absolute atomic E-state index is 12.4. The molecule has 5 nitrogen and oxygen atoms in total. The number of esters is 1. The molecule has 2 aromatic carbocycles. The smallest absolute Gasteiger partial charge is 0.331 e. The van der Waals surface area contributed by atoms with E-state index in [1.165, 1.54) is 6.08 Å². The monoisotopic (exact) mass is 358 g/mol. The predicted octanol–water partition coefficient (Wildman–Crippen LogP) is 3.38. The van der Waals surface area contributed by atoms with Crippen LogP contribution in [0.25, 0.3) is 17.0 Å². The van der Waals surface area contributed by atoms with Gasteiger partial charge in [0.2, 0.25) is 0 Å². The molecule has 1 amide bonds. The second-order valence-electron chi connectivity index (χ2n) is 6.29. The SMILES string of the molecule is O=C(/C=C/c1cccc2cccnc12)OCC(=O)N1CCc2ccccc21. The van der Waals surface area contributed by atoms with E-state index in [9.17, 15) is 9.59 Å². The minimum atomic E-state index is -0.552. The first-order valence-corrected chi connectivity index (χ1v) is 8.79. The van der Waals surface area contributed by atoms with E-state index in [2.05, 4.69) is 4.98 Å². The Hall–Kier alpha value is -3.47. The number of benzene rings is 2. The molecule has 27 heavy (non-hydrogen) atoms. The second kappa shape index (κ2) is 7.41.